The highest BCUT2D eigenvalue weighted by Gasteiger charge is 2.44. The Morgan fingerprint density at radius 1 is 0.762 bits per heavy atom. The molecule has 0 amide bonds. The van der Waals surface area contributed by atoms with Crippen molar-refractivity contribution in [2.24, 2.45) is 0 Å². The van der Waals surface area contributed by atoms with Crippen LogP contribution in [0.3, 0.4) is 0 Å². The Morgan fingerprint density at radius 2 is 1.40 bits per heavy atom. The standard InChI is InChI=1S/C23H27NO5S.C7H14O5/c1-24-11-15-7-6-13(8-16-10-14-4-2-3-5-19(14)30-16)9-17(15)23-22(28)21(27)20(26)18(12-25)29-23;1-3-5(9)7(11)6(10)4(2-8)12-3/h2-7,9-10,18,20-28H,8,11-12H2,1H3;3-11H,2H2,1H3/t18-,20-,21+,22-,23+;3-,4+,5-,6+,7+/m10/s1. The van der Waals surface area contributed by atoms with Crippen LogP contribution in [0.25, 0.3) is 10.1 Å². The summed E-state index contributed by atoms with van der Waals surface area (Å²) in [6.07, 6.45) is -10.0. The number of aliphatic hydroxyl groups is 8. The fraction of sp³-hybridized carbons (Fsp3) is 0.533. The highest BCUT2D eigenvalue weighted by molar-refractivity contribution is 7.19. The van der Waals surface area contributed by atoms with Crippen LogP contribution in [0.15, 0.2) is 48.5 Å². The molecule has 12 heteroatoms. The zero-order valence-electron chi connectivity index (χ0n) is 23.5. The summed E-state index contributed by atoms with van der Waals surface area (Å²) in [5.41, 5.74) is 2.75. The number of nitrogens with one attached hydrogen (secondary N) is 1. The summed E-state index contributed by atoms with van der Waals surface area (Å²) in [6.45, 7) is 1.33. The van der Waals surface area contributed by atoms with Crippen molar-refractivity contribution in [3.8, 4) is 0 Å². The van der Waals surface area contributed by atoms with Crippen LogP contribution in [0.5, 0.6) is 0 Å². The van der Waals surface area contributed by atoms with Crippen LogP contribution in [0.1, 0.15) is 34.6 Å². The van der Waals surface area contributed by atoms with Gasteiger partial charge in [0.15, 0.2) is 0 Å². The average Bonchev–Trinajstić information content (AvgIpc) is 3.40. The first-order valence-corrected chi connectivity index (χ1v) is 14.8. The largest absolute Gasteiger partial charge is 0.394 e. The average molecular weight is 608 g/mol. The van der Waals surface area contributed by atoms with Gasteiger partial charge in [-0.1, -0.05) is 36.4 Å². The van der Waals surface area contributed by atoms with Crippen LogP contribution >= 0.6 is 11.3 Å². The molecule has 232 valence electrons. The number of hydrogen-bond donors (Lipinski definition) is 9. The van der Waals surface area contributed by atoms with Gasteiger partial charge in [-0.05, 0) is 48.2 Å². The third-order valence-corrected chi connectivity index (χ3v) is 8.88. The third kappa shape index (κ3) is 7.18. The molecule has 2 aliphatic rings. The molecule has 0 bridgehead atoms. The molecule has 3 heterocycles. The fourth-order valence-corrected chi connectivity index (χ4v) is 6.44. The van der Waals surface area contributed by atoms with Crippen LogP contribution in [0.4, 0.5) is 0 Å². The van der Waals surface area contributed by atoms with Crippen LogP contribution in [-0.4, -0.2) is 116 Å². The van der Waals surface area contributed by atoms with Gasteiger partial charge in [0, 0.05) is 22.5 Å². The molecule has 9 N–H and O–H groups in total. The van der Waals surface area contributed by atoms with Gasteiger partial charge in [-0.25, -0.2) is 0 Å². The maximum absolute atomic E-state index is 10.6. The summed E-state index contributed by atoms with van der Waals surface area (Å²) in [5.74, 6) is 0. The molecule has 2 saturated heterocycles. The van der Waals surface area contributed by atoms with Gasteiger partial charge in [-0.3, -0.25) is 0 Å². The summed E-state index contributed by atoms with van der Waals surface area (Å²) in [6, 6.07) is 16.5. The van der Waals surface area contributed by atoms with Gasteiger partial charge >= 0.3 is 0 Å². The predicted molar refractivity (Wildman–Crippen MR) is 156 cm³/mol. The molecule has 2 fully saturated rings. The molecule has 0 spiro atoms. The Morgan fingerprint density at radius 3 is 2.05 bits per heavy atom. The number of ether oxygens (including phenoxy) is 2. The monoisotopic (exact) mass is 607 g/mol. The molecular weight excluding hydrogens is 566 g/mol. The van der Waals surface area contributed by atoms with E-state index in [0.717, 1.165) is 23.1 Å². The van der Waals surface area contributed by atoms with Gasteiger partial charge in [0.05, 0.1) is 19.3 Å². The minimum Gasteiger partial charge on any atom is -0.394 e. The van der Waals surface area contributed by atoms with E-state index in [9.17, 15) is 35.7 Å². The van der Waals surface area contributed by atoms with E-state index in [1.165, 1.54) is 15.0 Å². The van der Waals surface area contributed by atoms with E-state index in [1.807, 2.05) is 31.3 Å². The maximum atomic E-state index is 10.6. The van der Waals surface area contributed by atoms with E-state index in [2.05, 4.69) is 29.6 Å². The molecule has 0 aliphatic carbocycles. The number of benzene rings is 2. The topological polar surface area (TPSA) is 192 Å². The fourth-order valence-electron chi connectivity index (χ4n) is 5.34. The van der Waals surface area contributed by atoms with E-state index < -0.39 is 67.6 Å². The first-order valence-electron chi connectivity index (χ1n) is 13.9. The lowest BCUT2D eigenvalue weighted by atomic mass is 9.88. The van der Waals surface area contributed by atoms with Gasteiger partial charge in [-0.2, -0.15) is 0 Å². The van der Waals surface area contributed by atoms with E-state index in [4.69, 9.17) is 14.6 Å². The summed E-state index contributed by atoms with van der Waals surface area (Å²) >= 11 is 1.75. The highest BCUT2D eigenvalue weighted by atomic mass is 32.1. The normalized spacial score (nSPS) is 33.3. The molecule has 5 rings (SSSR count). The molecule has 10 atom stereocenters. The minimum atomic E-state index is -1.39. The molecular formula is C30H41NO10S. The molecule has 2 aliphatic heterocycles. The molecule has 11 nitrogen and oxygen atoms in total. The minimum absolute atomic E-state index is 0.366. The Bertz CT molecular complexity index is 1250. The van der Waals surface area contributed by atoms with Gasteiger partial charge in [-0.15, -0.1) is 11.3 Å². The Labute approximate surface area is 248 Å². The third-order valence-electron chi connectivity index (χ3n) is 7.76. The van der Waals surface area contributed by atoms with Crippen LogP contribution in [0, 0.1) is 0 Å². The van der Waals surface area contributed by atoms with Crippen LogP contribution in [0.2, 0.25) is 0 Å². The van der Waals surface area contributed by atoms with E-state index >= 15 is 0 Å². The number of fused-ring (bicyclic) bond motifs is 1. The SMILES string of the molecule is CNCc1ccc(Cc2cc3ccccc3s2)cc1[C@@H]1O[C@H](CO)[C@@H](O)[C@H](O)[C@H]1O.C[C@@H]1O[C@H](CO)[C@@H](O)[C@H](O)[C@H]1O. The quantitative estimate of drug-likeness (QED) is 0.169. The van der Waals surface area contributed by atoms with Crippen LogP contribution in [-0.2, 0) is 22.4 Å². The van der Waals surface area contributed by atoms with E-state index in [1.54, 1.807) is 18.3 Å². The maximum Gasteiger partial charge on any atom is 0.113 e. The van der Waals surface area contributed by atoms with Crippen molar-refractivity contribution in [3.63, 3.8) is 0 Å². The molecule has 0 saturated carbocycles. The van der Waals surface area contributed by atoms with Crippen molar-refractivity contribution in [1.82, 2.24) is 5.32 Å². The van der Waals surface area contributed by atoms with Crippen molar-refractivity contribution < 1.29 is 50.3 Å². The first-order chi connectivity index (χ1) is 20.1. The molecule has 3 aromatic rings. The van der Waals surface area contributed by atoms with Gasteiger partial charge in [0.25, 0.3) is 0 Å². The summed E-state index contributed by atoms with van der Waals surface area (Å²) in [5, 5.41) is 81.2. The summed E-state index contributed by atoms with van der Waals surface area (Å²) < 4.78 is 12.1. The molecule has 2 aromatic carbocycles. The van der Waals surface area contributed by atoms with Gasteiger partial charge in [0.2, 0.25) is 0 Å². The molecule has 0 radical (unpaired) electrons. The lowest BCUT2D eigenvalue weighted by Gasteiger charge is -2.41. The smallest absolute Gasteiger partial charge is 0.113 e. The number of aliphatic hydroxyl groups excluding tert-OH is 8. The Hall–Kier alpha value is -2.04. The lowest BCUT2D eigenvalue weighted by Crippen LogP contribution is -2.57. The first kappa shape index (κ1) is 32.9. The number of rotatable bonds is 7. The zero-order chi connectivity index (χ0) is 30.6. The highest BCUT2D eigenvalue weighted by Crippen LogP contribution is 2.35. The van der Waals surface area contributed by atoms with Crippen molar-refractivity contribution in [1.29, 1.82) is 0 Å². The second-order valence-corrected chi connectivity index (χ2v) is 11.9. The summed E-state index contributed by atoms with van der Waals surface area (Å²) in [4.78, 5) is 1.23. The molecule has 42 heavy (non-hydrogen) atoms. The molecule has 1 aromatic heterocycles. The molecule has 0 unspecified atom stereocenters. The van der Waals surface area contributed by atoms with Crippen molar-refractivity contribution in [2.75, 3.05) is 20.3 Å². The Kier molecular flexibility index (Phi) is 11.4. The summed E-state index contributed by atoms with van der Waals surface area (Å²) in [7, 11) is 1.84. The van der Waals surface area contributed by atoms with Crippen molar-refractivity contribution in [2.45, 2.75) is 80.9 Å². The second-order valence-electron chi connectivity index (χ2n) is 10.8. The number of hydrogen-bond acceptors (Lipinski definition) is 12. The zero-order valence-corrected chi connectivity index (χ0v) is 24.3. The van der Waals surface area contributed by atoms with Gasteiger partial charge in [0.1, 0.15) is 54.9 Å². The predicted octanol–water partition coefficient (Wildman–Crippen LogP) is -0.425. The lowest BCUT2D eigenvalue weighted by molar-refractivity contribution is -0.231. The Balaban J connectivity index is 0.000000283. The van der Waals surface area contributed by atoms with Gasteiger partial charge < -0.3 is 55.6 Å². The van der Waals surface area contributed by atoms with Crippen molar-refractivity contribution in [3.05, 3.63) is 70.1 Å². The van der Waals surface area contributed by atoms with Crippen molar-refractivity contribution >= 4 is 21.4 Å². The van der Waals surface area contributed by atoms with E-state index in [0.29, 0.717) is 6.54 Å². The van der Waals surface area contributed by atoms with E-state index in [-0.39, 0.29) is 6.61 Å². The second kappa shape index (κ2) is 14.6. The van der Waals surface area contributed by atoms with Crippen LogP contribution < -0.4 is 5.32 Å². The number of thiophene rings is 1.